The minimum Gasteiger partial charge on any atom is -0.481 e. The second kappa shape index (κ2) is 13.2. The van der Waals surface area contributed by atoms with Crippen molar-refractivity contribution >= 4 is 29.2 Å². The molecule has 2 aromatic heterocycles. The number of aromatic amines is 2. The highest BCUT2D eigenvalue weighted by molar-refractivity contribution is 6.32. The number of hydrogen-bond donors (Lipinski definition) is 5. The third-order valence-corrected chi connectivity index (χ3v) is 7.76. The zero-order chi connectivity index (χ0) is 29.8. The predicted molar refractivity (Wildman–Crippen MR) is 166 cm³/mol. The Kier molecular flexibility index (Phi) is 9.92. The fourth-order valence-electron chi connectivity index (χ4n) is 4.73. The van der Waals surface area contributed by atoms with Crippen LogP contribution in [0.3, 0.4) is 0 Å². The summed E-state index contributed by atoms with van der Waals surface area (Å²) in [5, 5.41) is 13.5. The number of aromatic nitrogens is 4. The lowest BCUT2D eigenvalue weighted by Gasteiger charge is -2.22. The molecular formula is C31H38Cl2N6O2. The standard InChI is InChI=1S/C31H38Cl2N6O2/c1-16(2)24(34)30-36-26(28(32)38-30)21-10-6-19(7-11-21)20-8-12-22(13-9-20)27-29(33)39-31(37-27)25(17(3)4)35-15-18(5)14-23(40)41/h6-13,16-18,24-25,35H,14-15,34H2,1-5H3,(H,36,38)(H,37,39)(H,40,41)/t18?,24-,25-/m0/s1. The van der Waals surface area contributed by atoms with E-state index in [1.54, 1.807) is 0 Å². The Bertz CT molecular complexity index is 1460. The largest absolute Gasteiger partial charge is 0.481 e. The van der Waals surface area contributed by atoms with E-state index >= 15 is 0 Å². The quantitative estimate of drug-likeness (QED) is 0.115. The van der Waals surface area contributed by atoms with Gasteiger partial charge in [-0.15, -0.1) is 0 Å². The first-order valence-corrected chi connectivity index (χ1v) is 14.6. The molecule has 4 rings (SSSR count). The Labute approximate surface area is 251 Å². The summed E-state index contributed by atoms with van der Waals surface area (Å²) in [5.41, 5.74) is 11.5. The van der Waals surface area contributed by atoms with Crippen LogP contribution in [0, 0.1) is 17.8 Å². The van der Waals surface area contributed by atoms with Gasteiger partial charge in [-0.2, -0.15) is 0 Å². The van der Waals surface area contributed by atoms with Gasteiger partial charge in [0, 0.05) is 17.5 Å². The van der Waals surface area contributed by atoms with E-state index in [4.69, 9.17) is 39.0 Å². The first-order valence-electron chi connectivity index (χ1n) is 13.9. The minimum atomic E-state index is -0.800. The molecule has 0 aliphatic rings. The fourth-order valence-corrected chi connectivity index (χ4v) is 5.23. The van der Waals surface area contributed by atoms with Gasteiger partial charge in [0.25, 0.3) is 0 Å². The summed E-state index contributed by atoms with van der Waals surface area (Å²) in [6.07, 6.45) is 0.113. The molecule has 41 heavy (non-hydrogen) atoms. The van der Waals surface area contributed by atoms with E-state index in [2.05, 4.69) is 34.1 Å². The molecule has 0 bridgehead atoms. The van der Waals surface area contributed by atoms with E-state index in [1.165, 1.54) is 0 Å². The molecule has 2 heterocycles. The molecule has 10 heteroatoms. The van der Waals surface area contributed by atoms with Crippen molar-refractivity contribution in [1.29, 1.82) is 0 Å². The summed E-state index contributed by atoms with van der Waals surface area (Å²) < 4.78 is 0. The van der Waals surface area contributed by atoms with Crippen LogP contribution in [0.15, 0.2) is 48.5 Å². The number of hydrogen-bond acceptors (Lipinski definition) is 5. The number of imidazole rings is 2. The van der Waals surface area contributed by atoms with Crippen molar-refractivity contribution in [3.8, 4) is 33.6 Å². The first kappa shape index (κ1) is 30.8. The number of benzene rings is 2. The minimum absolute atomic E-state index is 0.00261. The van der Waals surface area contributed by atoms with Gasteiger partial charge >= 0.3 is 5.97 Å². The monoisotopic (exact) mass is 596 g/mol. The molecule has 8 nitrogen and oxygen atoms in total. The number of carbonyl (C=O) groups is 1. The molecule has 0 aliphatic heterocycles. The molecule has 3 atom stereocenters. The van der Waals surface area contributed by atoms with Crippen molar-refractivity contribution < 1.29 is 9.90 Å². The SMILES string of the molecule is CC(CN[C@H](c1nc(-c2ccc(-c3ccc(-c4nc([C@@H](N)C(C)C)[nH]c4Cl)cc3)cc2)c(Cl)[nH]1)C(C)C)CC(=O)O. The summed E-state index contributed by atoms with van der Waals surface area (Å²) >= 11 is 13.0. The molecule has 0 amide bonds. The van der Waals surface area contributed by atoms with Crippen molar-refractivity contribution in [2.24, 2.45) is 23.5 Å². The van der Waals surface area contributed by atoms with Crippen LogP contribution < -0.4 is 11.1 Å². The van der Waals surface area contributed by atoms with E-state index in [0.717, 1.165) is 28.1 Å². The molecule has 0 saturated heterocycles. The average molecular weight is 598 g/mol. The van der Waals surface area contributed by atoms with Crippen LogP contribution in [0.1, 0.15) is 64.8 Å². The smallest absolute Gasteiger partial charge is 0.303 e. The number of aliphatic carboxylic acids is 1. The number of rotatable bonds is 12. The Balaban J connectivity index is 1.49. The van der Waals surface area contributed by atoms with E-state index in [0.29, 0.717) is 34.1 Å². The summed E-state index contributed by atoms with van der Waals surface area (Å²) in [4.78, 5) is 26.8. The summed E-state index contributed by atoms with van der Waals surface area (Å²) in [6.45, 7) is 10.8. The van der Waals surface area contributed by atoms with Crippen LogP contribution in [-0.4, -0.2) is 37.6 Å². The molecule has 0 fully saturated rings. The van der Waals surface area contributed by atoms with Crippen molar-refractivity contribution in [2.75, 3.05) is 6.54 Å². The fraction of sp³-hybridized carbons (Fsp3) is 0.387. The molecule has 2 aromatic carbocycles. The lowest BCUT2D eigenvalue weighted by atomic mass is 10.0. The lowest BCUT2D eigenvalue weighted by molar-refractivity contribution is -0.137. The van der Waals surface area contributed by atoms with Crippen LogP contribution in [0.2, 0.25) is 10.3 Å². The third kappa shape index (κ3) is 7.38. The van der Waals surface area contributed by atoms with Gasteiger partial charge in [0.2, 0.25) is 0 Å². The van der Waals surface area contributed by atoms with Gasteiger partial charge in [0.1, 0.15) is 33.3 Å². The topological polar surface area (TPSA) is 133 Å². The van der Waals surface area contributed by atoms with Crippen LogP contribution >= 0.6 is 23.2 Å². The van der Waals surface area contributed by atoms with Gasteiger partial charge < -0.3 is 26.1 Å². The normalized spacial score (nSPS) is 14.0. The Morgan fingerprint density at radius 2 is 1.24 bits per heavy atom. The van der Waals surface area contributed by atoms with E-state index in [1.807, 2.05) is 69.3 Å². The second-order valence-corrected chi connectivity index (χ2v) is 12.1. The van der Waals surface area contributed by atoms with Crippen molar-refractivity contribution in [2.45, 2.75) is 53.1 Å². The number of H-pyrrole nitrogens is 2. The lowest BCUT2D eigenvalue weighted by Crippen LogP contribution is -2.31. The summed E-state index contributed by atoms with van der Waals surface area (Å²) in [7, 11) is 0. The van der Waals surface area contributed by atoms with Crippen molar-refractivity contribution in [3.05, 3.63) is 70.5 Å². The van der Waals surface area contributed by atoms with Crippen LogP contribution in [0.5, 0.6) is 0 Å². The number of carboxylic acid groups (broad SMARTS) is 1. The number of halogens is 2. The zero-order valence-corrected chi connectivity index (χ0v) is 25.5. The summed E-state index contributed by atoms with van der Waals surface area (Å²) in [5.74, 6) is 1.08. The number of nitrogens with zero attached hydrogens (tertiary/aromatic N) is 2. The zero-order valence-electron chi connectivity index (χ0n) is 24.0. The third-order valence-electron chi connectivity index (χ3n) is 7.21. The molecule has 0 radical (unpaired) electrons. The maximum atomic E-state index is 11.0. The predicted octanol–water partition coefficient (Wildman–Crippen LogP) is 7.49. The van der Waals surface area contributed by atoms with Crippen LogP contribution in [0.4, 0.5) is 0 Å². The van der Waals surface area contributed by atoms with Gasteiger partial charge in [0.05, 0.1) is 12.1 Å². The number of carboxylic acids is 1. The first-order chi connectivity index (χ1) is 19.4. The molecule has 4 aromatic rings. The van der Waals surface area contributed by atoms with Gasteiger partial charge in [-0.25, -0.2) is 9.97 Å². The highest BCUT2D eigenvalue weighted by atomic mass is 35.5. The Hall–Kier alpha value is -3.17. The van der Waals surface area contributed by atoms with Crippen LogP contribution in [-0.2, 0) is 4.79 Å². The van der Waals surface area contributed by atoms with Gasteiger partial charge in [0.15, 0.2) is 0 Å². The van der Waals surface area contributed by atoms with E-state index < -0.39 is 5.97 Å². The Morgan fingerprint density at radius 3 is 1.68 bits per heavy atom. The average Bonchev–Trinajstić information content (AvgIpc) is 3.50. The molecule has 1 unspecified atom stereocenters. The van der Waals surface area contributed by atoms with Gasteiger partial charge in [-0.05, 0) is 35.4 Å². The molecular weight excluding hydrogens is 559 g/mol. The van der Waals surface area contributed by atoms with Crippen molar-refractivity contribution in [3.63, 3.8) is 0 Å². The van der Waals surface area contributed by atoms with E-state index in [-0.39, 0.29) is 36.3 Å². The Morgan fingerprint density at radius 1 is 0.805 bits per heavy atom. The van der Waals surface area contributed by atoms with Gasteiger partial charge in [-0.1, -0.05) is 106 Å². The van der Waals surface area contributed by atoms with E-state index in [9.17, 15) is 4.79 Å². The maximum Gasteiger partial charge on any atom is 0.303 e. The van der Waals surface area contributed by atoms with Crippen LogP contribution in [0.25, 0.3) is 33.6 Å². The number of nitrogens with two attached hydrogens (primary N) is 1. The molecule has 0 spiro atoms. The van der Waals surface area contributed by atoms with Crippen molar-refractivity contribution in [1.82, 2.24) is 25.3 Å². The molecule has 218 valence electrons. The van der Waals surface area contributed by atoms with Gasteiger partial charge in [-0.3, -0.25) is 4.79 Å². The summed E-state index contributed by atoms with van der Waals surface area (Å²) in [6, 6.07) is 15.9. The second-order valence-electron chi connectivity index (χ2n) is 11.3. The number of nitrogens with one attached hydrogen (secondary N) is 3. The maximum absolute atomic E-state index is 11.0. The molecule has 0 saturated carbocycles. The highest BCUT2D eigenvalue weighted by Gasteiger charge is 2.23. The highest BCUT2D eigenvalue weighted by Crippen LogP contribution is 2.33. The molecule has 6 N–H and O–H groups in total. The molecule has 0 aliphatic carbocycles.